The molecule has 1 rings (SSSR count). The number of aliphatic carboxylic acids is 1. The van der Waals surface area contributed by atoms with Gasteiger partial charge in [0.25, 0.3) is 0 Å². The molecule has 0 aliphatic heterocycles. The van der Waals surface area contributed by atoms with Gasteiger partial charge in [-0.2, -0.15) is 0 Å². The summed E-state index contributed by atoms with van der Waals surface area (Å²) in [5.74, 6) is -0.926. The summed E-state index contributed by atoms with van der Waals surface area (Å²) in [5.41, 5.74) is 11.6. The Morgan fingerprint density at radius 1 is 1.56 bits per heavy atom. The minimum Gasteiger partial charge on any atom is -0.480 e. The fourth-order valence-electron chi connectivity index (χ4n) is 2.23. The van der Waals surface area contributed by atoms with Crippen LogP contribution in [0.4, 0.5) is 0 Å². The number of nitrogen functional groups attached to an aromatic ring is 1. The summed E-state index contributed by atoms with van der Waals surface area (Å²) in [6.07, 6.45) is 0. The molecule has 0 bridgehead atoms. The number of carboxylic acids is 1. The van der Waals surface area contributed by atoms with Crippen molar-refractivity contribution in [3.63, 3.8) is 0 Å². The minimum absolute atomic E-state index is 0.161. The number of aromatic nitrogens is 2. The van der Waals surface area contributed by atoms with E-state index in [0.717, 1.165) is 0 Å². The highest BCUT2D eigenvalue weighted by atomic mass is 16.4. The van der Waals surface area contributed by atoms with Crippen LogP contribution in [0.5, 0.6) is 0 Å². The van der Waals surface area contributed by atoms with Crippen LogP contribution < -0.4 is 11.5 Å². The third kappa shape index (κ3) is 2.08. The lowest BCUT2D eigenvalue weighted by Gasteiger charge is -2.30. The number of carboxylic acid groups (broad SMARTS) is 1. The van der Waals surface area contributed by atoms with Crippen LogP contribution in [0.3, 0.4) is 0 Å². The van der Waals surface area contributed by atoms with Gasteiger partial charge in [-0.25, -0.2) is 4.98 Å². The molecule has 1 aromatic rings. The van der Waals surface area contributed by atoms with Crippen molar-refractivity contribution in [2.75, 3.05) is 0 Å². The van der Waals surface area contributed by atoms with Crippen LogP contribution >= 0.6 is 0 Å². The van der Waals surface area contributed by atoms with Crippen LogP contribution in [0.15, 0.2) is 0 Å². The average Bonchev–Trinajstić information content (AvgIpc) is 2.53. The summed E-state index contributed by atoms with van der Waals surface area (Å²) in [7, 11) is 1.70. The Balaban J connectivity index is 3.41. The van der Waals surface area contributed by atoms with Crippen molar-refractivity contribution >= 4 is 11.8 Å². The van der Waals surface area contributed by atoms with E-state index in [1.165, 1.54) is 0 Å². The molecule has 0 aliphatic carbocycles. The van der Waals surface area contributed by atoms with Crippen molar-refractivity contribution in [1.29, 1.82) is 5.41 Å². The number of nitrogens with zero attached hydrogens (tertiary/aromatic N) is 2. The maximum atomic E-state index is 11.1. The Kier molecular flexibility index (Phi) is 3.47. The molecular formula is C11H19N5O2. The molecule has 6 N–H and O–H groups in total. The number of nitrogens with two attached hydrogens (primary N) is 2. The second kappa shape index (κ2) is 4.41. The molecule has 1 unspecified atom stereocenters. The average molecular weight is 253 g/mol. The van der Waals surface area contributed by atoms with Crippen LogP contribution in [0, 0.1) is 12.3 Å². The number of rotatable bonds is 4. The van der Waals surface area contributed by atoms with E-state index in [9.17, 15) is 4.79 Å². The summed E-state index contributed by atoms with van der Waals surface area (Å²) in [6, 6.07) is -1.06. The zero-order valence-electron chi connectivity index (χ0n) is 11.0. The maximum absolute atomic E-state index is 11.1. The van der Waals surface area contributed by atoms with Crippen molar-refractivity contribution in [2.24, 2.45) is 18.5 Å². The van der Waals surface area contributed by atoms with Crippen molar-refractivity contribution in [2.45, 2.75) is 32.2 Å². The first-order chi connectivity index (χ1) is 8.10. The molecule has 0 saturated heterocycles. The van der Waals surface area contributed by atoms with Gasteiger partial charge in [-0.3, -0.25) is 10.2 Å². The van der Waals surface area contributed by atoms with E-state index in [1.54, 1.807) is 32.4 Å². The van der Waals surface area contributed by atoms with Crippen molar-refractivity contribution in [1.82, 2.24) is 9.55 Å². The lowest BCUT2D eigenvalue weighted by atomic mass is 9.80. The van der Waals surface area contributed by atoms with Crippen LogP contribution in [-0.4, -0.2) is 32.5 Å². The van der Waals surface area contributed by atoms with Gasteiger partial charge >= 0.3 is 5.97 Å². The molecule has 0 aromatic carbocycles. The van der Waals surface area contributed by atoms with Gasteiger partial charge in [0.05, 0.1) is 5.69 Å². The van der Waals surface area contributed by atoms with Gasteiger partial charge in [-0.1, -0.05) is 13.8 Å². The highest BCUT2D eigenvalue weighted by molar-refractivity contribution is 5.91. The van der Waals surface area contributed by atoms with E-state index >= 15 is 0 Å². The van der Waals surface area contributed by atoms with E-state index in [1.807, 2.05) is 0 Å². The van der Waals surface area contributed by atoms with E-state index in [2.05, 4.69) is 4.98 Å². The number of hydrogen-bond donors (Lipinski definition) is 4. The fourth-order valence-corrected chi connectivity index (χ4v) is 2.23. The molecule has 1 heterocycles. The van der Waals surface area contributed by atoms with E-state index in [4.69, 9.17) is 22.0 Å². The topological polar surface area (TPSA) is 131 Å². The smallest absolute Gasteiger partial charge is 0.321 e. The molecule has 1 aromatic heterocycles. The predicted octanol–water partition coefficient (Wildman–Crippen LogP) is -0.298. The molecule has 7 nitrogen and oxygen atoms in total. The number of amidine groups is 1. The Labute approximate surface area is 105 Å². The molecular weight excluding hydrogens is 234 g/mol. The standard InChI is InChI=1S/C11H19N5O2/c1-5-7(11(2,3)6(12)10(17)18)16(4)9(15-5)8(13)14/h6H,12H2,1-4H3,(H3,13,14)(H,17,18). The minimum atomic E-state index is -1.08. The van der Waals surface area contributed by atoms with Gasteiger partial charge in [0.1, 0.15) is 6.04 Å². The monoisotopic (exact) mass is 253 g/mol. The summed E-state index contributed by atoms with van der Waals surface area (Å²) < 4.78 is 1.63. The largest absolute Gasteiger partial charge is 0.480 e. The SMILES string of the molecule is Cc1nc(C(=N)N)n(C)c1C(C)(C)C(N)C(=O)O. The molecule has 0 aliphatic rings. The third-order valence-electron chi connectivity index (χ3n) is 3.16. The van der Waals surface area contributed by atoms with Crippen LogP contribution in [-0.2, 0) is 17.3 Å². The molecule has 0 amide bonds. The Morgan fingerprint density at radius 3 is 2.39 bits per heavy atom. The molecule has 0 radical (unpaired) electrons. The number of aryl methyl sites for hydroxylation is 1. The van der Waals surface area contributed by atoms with Gasteiger partial charge in [0.15, 0.2) is 11.7 Å². The van der Waals surface area contributed by atoms with Gasteiger partial charge < -0.3 is 21.1 Å². The quantitative estimate of drug-likeness (QED) is 0.432. The zero-order chi connectivity index (χ0) is 14.2. The summed E-state index contributed by atoms with van der Waals surface area (Å²) >= 11 is 0. The molecule has 0 spiro atoms. The normalized spacial score (nSPS) is 13.4. The first kappa shape index (κ1) is 14.2. The van der Waals surface area contributed by atoms with Crippen LogP contribution in [0.2, 0.25) is 0 Å². The molecule has 1 atom stereocenters. The maximum Gasteiger partial charge on any atom is 0.321 e. The number of nitrogens with one attached hydrogen (secondary N) is 1. The van der Waals surface area contributed by atoms with E-state index in [0.29, 0.717) is 17.2 Å². The van der Waals surface area contributed by atoms with E-state index < -0.39 is 17.4 Å². The lowest BCUT2D eigenvalue weighted by molar-refractivity contribution is -0.140. The first-order valence-electron chi connectivity index (χ1n) is 5.47. The van der Waals surface area contributed by atoms with Crippen LogP contribution in [0.1, 0.15) is 31.1 Å². The predicted molar refractivity (Wildman–Crippen MR) is 67.6 cm³/mol. The molecule has 7 heteroatoms. The number of carbonyl (C=O) groups is 1. The zero-order valence-corrected chi connectivity index (χ0v) is 11.0. The number of hydrogen-bond acceptors (Lipinski definition) is 4. The van der Waals surface area contributed by atoms with E-state index in [-0.39, 0.29) is 5.84 Å². The molecule has 0 fully saturated rings. The summed E-state index contributed by atoms with van der Waals surface area (Å²) in [6.45, 7) is 5.22. The van der Waals surface area contributed by atoms with Crippen molar-refractivity contribution in [3.05, 3.63) is 17.2 Å². The Morgan fingerprint density at radius 2 is 2.06 bits per heavy atom. The lowest BCUT2D eigenvalue weighted by Crippen LogP contribution is -2.48. The van der Waals surface area contributed by atoms with Crippen molar-refractivity contribution in [3.8, 4) is 0 Å². The van der Waals surface area contributed by atoms with Gasteiger partial charge in [0, 0.05) is 18.2 Å². The van der Waals surface area contributed by atoms with Gasteiger partial charge in [0.2, 0.25) is 0 Å². The molecule has 18 heavy (non-hydrogen) atoms. The highest BCUT2D eigenvalue weighted by Crippen LogP contribution is 2.29. The second-order valence-electron chi connectivity index (χ2n) is 4.88. The van der Waals surface area contributed by atoms with Gasteiger partial charge in [-0.15, -0.1) is 0 Å². The molecule has 0 saturated carbocycles. The van der Waals surface area contributed by atoms with Gasteiger partial charge in [-0.05, 0) is 6.92 Å². The molecule has 100 valence electrons. The summed E-state index contributed by atoms with van der Waals surface area (Å²) in [5, 5.41) is 16.5. The Bertz CT molecular complexity index is 504. The van der Waals surface area contributed by atoms with Crippen molar-refractivity contribution < 1.29 is 9.90 Å². The van der Waals surface area contributed by atoms with Crippen LogP contribution in [0.25, 0.3) is 0 Å². The number of imidazole rings is 1. The second-order valence-corrected chi connectivity index (χ2v) is 4.88. The summed E-state index contributed by atoms with van der Waals surface area (Å²) in [4.78, 5) is 15.2. The third-order valence-corrected chi connectivity index (χ3v) is 3.16. The first-order valence-corrected chi connectivity index (χ1v) is 5.47. The Hall–Kier alpha value is -1.89. The fraction of sp³-hybridized carbons (Fsp3) is 0.545. The highest BCUT2D eigenvalue weighted by Gasteiger charge is 2.38.